The Morgan fingerprint density at radius 3 is 2.72 bits per heavy atom. The van der Waals surface area contributed by atoms with E-state index in [1.54, 1.807) is 24.4 Å². The average molecular weight is 415 g/mol. The highest BCUT2D eigenvalue weighted by Crippen LogP contribution is 2.30. The molecule has 1 saturated heterocycles. The fourth-order valence-electron chi connectivity index (χ4n) is 3.77. The van der Waals surface area contributed by atoms with Crippen LogP contribution in [-0.4, -0.2) is 43.4 Å². The molecule has 1 fully saturated rings. The highest BCUT2D eigenvalue weighted by atomic mass is 35.5. The maximum atomic E-state index is 11.2. The van der Waals surface area contributed by atoms with Crippen molar-refractivity contribution in [3.05, 3.63) is 63.4 Å². The largest absolute Gasteiger partial charge is 0.481 e. The third-order valence-corrected chi connectivity index (χ3v) is 5.55. The van der Waals surface area contributed by atoms with Crippen LogP contribution in [0, 0.1) is 16.0 Å². The number of non-ortho nitro benzene ring substituents is 1. The summed E-state index contributed by atoms with van der Waals surface area (Å²) in [6.07, 6.45) is 2.97. The maximum absolute atomic E-state index is 11.2. The Hall–Kier alpha value is -2.97. The first kappa shape index (κ1) is 19.4. The van der Waals surface area contributed by atoms with E-state index in [4.69, 9.17) is 16.6 Å². The van der Waals surface area contributed by atoms with Gasteiger partial charge in [-0.2, -0.15) is 0 Å². The van der Waals surface area contributed by atoms with Gasteiger partial charge in [-0.25, -0.2) is 4.98 Å². The summed E-state index contributed by atoms with van der Waals surface area (Å²) in [6.45, 7) is 1.88. The number of imidazole rings is 1. The van der Waals surface area contributed by atoms with Crippen molar-refractivity contribution < 1.29 is 14.8 Å². The van der Waals surface area contributed by atoms with Gasteiger partial charge in [-0.3, -0.25) is 19.8 Å². The molecule has 150 valence electrons. The summed E-state index contributed by atoms with van der Waals surface area (Å²) in [7, 11) is 0. The van der Waals surface area contributed by atoms with E-state index in [2.05, 4.69) is 4.90 Å². The molecule has 0 aliphatic carbocycles. The molecular formula is C20H19ClN4O4. The number of hydrogen-bond donors (Lipinski definition) is 1. The van der Waals surface area contributed by atoms with Gasteiger partial charge in [-0.1, -0.05) is 23.7 Å². The number of aromatic nitrogens is 2. The zero-order valence-electron chi connectivity index (χ0n) is 15.5. The molecule has 3 heterocycles. The molecule has 1 N–H and O–H groups in total. The molecular weight excluding hydrogens is 396 g/mol. The number of hydrogen-bond acceptors (Lipinski definition) is 5. The quantitative estimate of drug-likeness (QED) is 0.502. The first-order valence-corrected chi connectivity index (χ1v) is 9.66. The van der Waals surface area contributed by atoms with E-state index >= 15 is 0 Å². The molecule has 1 aromatic carbocycles. The average Bonchev–Trinajstić information content (AvgIpc) is 3.06. The van der Waals surface area contributed by atoms with Gasteiger partial charge >= 0.3 is 5.97 Å². The molecule has 0 bridgehead atoms. The monoisotopic (exact) mass is 414 g/mol. The summed E-state index contributed by atoms with van der Waals surface area (Å²) < 4.78 is 1.90. The van der Waals surface area contributed by atoms with Gasteiger partial charge in [0, 0.05) is 30.4 Å². The lowest BCUT2D eigenvalue weighted by atomic mass is 9.97. The number of fused-ring (bicyclic) bond motifs is 1. The van der Waals surface area contributed by atoms with Gasteiger partial charge in [-0.05, 0) is 38.1 Å². The molecule has 9 heteroatoms. The smallest absolute Gasteiger partial charge is 0.306 e. The Bertz CT molecular complexity index is 1090. The van der Waals surface area contributed by atoms with Crippen LogP contribution in [0.2, 0.25) is 5.02 Å². The first-order chi connectivity index (χ1) is 13.9. The van der Waals surface area contributed by atoms with Gasteiger partial charge in [0.1, 0.15) is 5.65 Å². The fraction of sp³-hybridized carbons (Fsp3) is 0.300. The van der Waals surface area contributed by atoms with E-state index in [0.717, 1.165) is 5.69 Å². The van der Waals surface area contributed by atoms with Crippen molar-refractivity contribution in [1.82, 2.24) is 14.3 Å². The zero-order chi connectivity index (χ0) is 20.5. The number of nitro benzene ring substituents is 1. The van der Waals surface area contributed by atoms with E-state index in [9.17, 15) is 20.0 Å². The van der Waals surface area contributed by atoms with E-state index in [0.29, 0.717) is 54.4 Å². The second-order valence-corrected chi connectivity index (χ2v) is 7.62. The molecule has 0 amide bonds. The molecule has 0 radical (unpaired) electrons. The minimum absolute atomic E-state index is 0.00538. The molecule has 0 atom stereocenters. The van der Waals surface area contributed by atoms with Gasteiger partial charge in [0.05, 0.1) is 27.3 Å². The molecule has 0 saturated carbocycles. The van der Waals surface area contributed by atoms with Crippen molar-refractivity contribution in [2.75, 3.05) is 13.1 Å². The van der Waals surface area contributed by atoms with Crippen LogP contribution in [0.15, 0.2) is 42.6 Å². The number of aliphatic carboxylic acids is 1. The molecule has 0 spiro atoms. The van der Waals surface area contributed by atoms with Crippen LogP contribution in [0.1, 0.15) is 18.5 Å². The maximum Gasteiger partial charge on any atom is 0.306 e. The van der Waals surface area contributed by atoms with Crippen molar-refractivity contribution in [2.24, 2.45) is 5.92 Å². The van der Waals surface area contributed by atoms with Crippen LogP contribution in [-0.2, 0) is 11.3 Å². The Morgan fingerprint density at radius 1 is 1.28 bits per heavy atom. The van der Waals surface area contributed by atoms with Crippen LogP contribution < -0.4 is 0 Å². The number of likely N-dealkylation sites (tertiary alicyclic amines) is 1. The Labute approximate surface area is 171 Å². The van der Waals surface area contributed by atoms with Crippen molar-refractivity contribution >= 4 is 28.9 Å². The van der Waals surface area contributed by atoms with Gasteiger partial charge in [0.25, 0.3) is 5.69 Å². The van der Waals surface area contributed by atoms with Crippen LogP contribution in [0.5, 0.6) is 0 Å². The topological polar surface area (TPSA) is 101 Å². The number of piperidine rings is 1. The number of benzene rings is 1. The molecule has 3 aromatic rings. The molecule has 8 nitrogen and oxygen atoms in total. The number of nitrogens with zero attached hydrogens (tertiary/aromatic N) is 4. The van der Waals surface area contributed by atoms with Crippen LogP contribution in [0.25, 0.3) is 16.9 Å². The lowest BCUT2D eigenvalue weighted by Gasteiger charge is -2.30. The number of rotatable bonds is 5. The number of halogens is 1. The first-order valence-electron chi connectivity index (χ1n) is 9.29. The normalized spacial score (nSPS) is 15.6. The van der Waals surface area contributed by atoms with Crippen LogP contribution in [0.4, 0.5) is 5.69 Å². The molecule has 4 rings (SSSR count). The van der Waals surface area contributed by atoms with Crippen molar-refractivity contribution in [3.8, 4) is 11.3 Å². The summed E-state index contributed by atoms with van der Waals surface area (Å²) in [5.41, 5.74) is 2.90. The second kappa shape index (κ2) is 7.81. The lowest BCUT2D eigenvalue weighted by molar-refractivity contribution is -0.384. The van der Waals surface area contributed by atoms with Crippen molar-refractivity contribution in [3.63, 3.8) is 0 Å². The highest BCUT2D eigenvalue weighted by molar-refractivity contribution is 6.30. The van der Waals surface area contributed by atoms with E-state index in [-0.39, 0.29) is 11.6 Å². The van der Waals surface area contributed by atoms with E-state index in [1.165, 1.54) is 12.1 Å². The summed E-state index contributed by atoms with van der Waals surface area (Å²) in [5.74, 6) is -1.05. The van der Waals surface area contributed by atoms with E-state index in [1.807, 2.05) is 10.5 Å². The van der Waals surface area contributed by atoms with Gasteiger partial charge in [-0.15, -0.1) is 0 Å². The Kier molecular flexibility index (Phi) is 5.21. The van der Waals surface area contributed by atoms with Crippen molar-refractivity contribution in [2.45, 2.75) is 19.4 Å². The van der Waals surface area contributed by atoms with Gasteiger partial charge in [0.2, 0.25) is 0 Å². The summed E-state index contributed by atoms with van der Waals surface area (Å²) in [5, 5.41) is 21.0. The molecule has 2 aromatic heterocycles. The highest BCUT2D eigenvalue weighted by Gasteiger charge is 2.26. The minimum Gasteiger partial charge on any atom is -0.481 e. The Balaban J connectivity index is 1.73. The lowest BCUT2D eigenvalue weighted by Crippen LogP contribution is -2.36. The summed E-state index contributed by atoms with van der Waals surface area (Å²) in [6, 6.07) is 9.98. The molecule has 0 unspecified atom stereocenters. The fourth-order valence-corrected chi connectivity index (χ4v) is 3.93. The third-order valence-electron chi connectivity index (χ3n) is 5.32. The number of pyridine rings is 1. The minimum atomic E-state index is -0.747. The summed E-state index contributed by atoms with van der Waals surface area (Å²) in [4.78, 5) is 28.9. The van der Waals surface area contributed by atoms with Crippen LogP contribution in [0.3, 0.4) is 0 Å². The SMILES string of the molecule is O=C(O)C1CCN(Cc2c(-c3cccc([N+](=O)[O-])c3)nc3ccc(Cl)cn23)CC1. The Morgan fingerprint density at radius 2 is 2.03 bits per heavy atom. The van der Waals surface area contributed by atoms with Crippen molar-refractivity contribution in [1.29, 1.82) is 0 Å². The predicted octanol–water partition coefficient (Wildman–Crippen LogP) is 3.86. The summed E-state index contributed by atoms with van der Waals surface area (Å²) >= 11 is 6.19. The van der Waals surface area contributed by atoms with Gasteiger partial charge < -0.3 is 9.51 Å². The standard InChI is InChI=1S/C20H19ClN4O4/c21-15-4-5-18-22-19(14-2-1-3-16(10-14)25(28)29)17(24(18)11-15)12-23-8-6-13(7-9-23)20(26)27/h1-5,10-11,13H,6-9,12H2,(H,26,27). The number of carbonyl (C=O) groups is 1. The predicted molar refractivity (Wildman–Crippen MR) is 108 cm³/mol. The molecule has 29 heavy (non-hydrogen) atoms. The molecule has 1 aliphatic rings. The van der Waals surface area contributed by atoms with E-state index < -0.39 is 10.9 Å². The zero-order valence-corrected chi connectivity index (χ0v) is 16.2. The second-order valence-electron chi connectivity index (χ2n) is 7.18. The number of carboxylic acid groups (broad SMARTS) is 1. The third kappa shape index (κ3) is 3.94. The van der Waals surface area contributed by atoms with Crippen LogP contribution >= 0.6 is 11.6 Å². The molecule has 1 aliphatic heterocycles. The van der Waals surface area contributed by atoms with Gasteiger partial charge in [0.15, 0.2) is 0 Å². The number of carboxylic acids is 1. The number of nitro groups is 1.